The molecule has 1 aliphatic rings. The third-order valence-corrected chi connectivity index (χ3v) is 2.27. The topological polar surface area (TPSA) is 36.4 Å². The van der Waals surface area contributed by atoms with Crippen LogP contribution in [0.15, 0.2) is 24.4 Å². The molecule has 1 aromatic rings. The molecule has 0 spiro atoms. The standard InChI is InChI=1S/C10H14N2O/c13-8-7-12(9-4-5-9)10-3-1-2-6-11-10/h1-3,6,9,13H,4-5,7-8H2. The van der Waals surface area contributed by atoms with Crippen LogP contribution >= 0.6 is 0 Å². The Bertz CT molecular complexity index is 259. The minimum Gasteiger partial charge on any atom is -0.395 e. The smallest absolute Gasteiger partial charge is 0.128 e. The zero-order chi connectivity index (χ0) is 9.10. The van der Waals surface area contributed by atoms with Gasteiger partial charge in [0.05, 0.1) is 6.61 Å². The molecule has 0 atom stereocenters. The number of nitrogens with zero attached hydrogens (tertiary/aromatic N) is 2. The average Bonchev–Trinajstić information content (AvgIpc) is 2.99. The van der Waals surface area contributed by atoms with Gasteiger partial charge in [0, 0.05) is 18.8 Å². The Morgan fingerprint density at radius 2 is 2.31 bits per heavy atom. The van der Waals surface area contributed by atoms with Gasteiger partial charge in [-0.15, -0.1) is 0 Å². The van der Waals surface area contributed by atoms with E-state index in [4.69, 9.17) is 5.11 Å². The predicted molar refractivity (Wildman–Crippen MR) is 51.7 cm³/mol. The molecule has 13 heavy (non-hydrogen) atoms. The molecule has 1 N–H and O–H groups in total. The van der Waals surface area contributed by atoms with Crippen molar-refractivity contribution >= 4 is 5.82 Å². The van der Waals surface area contributed by atoms with Crippen LogP contribution < -0.4 is 4.90 Å². The van der Waals surface area contributed by atoms with Crippen LogP contribution in [0.2, 0.25) is 0 Å². The molecule has 0 radical (unpaired) electrons. The molecule has 1 saturated carbocycles. The average molecular weight is 178 g/mol. The molecular weight excluding hydrogens is 164 g/mol. The van der Waals surface area contributed by atoms with Crippen molar-refractivity contribution in [1.82, 2.24) is 4.98 Å². The Hall–Kier alpha value is -1.09. The van der Waals surface area contributed by atoms with E-state index in [1.165, 1.54) is 12.8 Å². The summed E-state index contributed by atoms with van der Waals surface area (Å²) < 4.78 is 0. The van der Waals surface area contributed by atoms with Crippen LogP contribution in [-0.4, -0.2) is 29.3 Å². The Labute approximate surface area is 78.0 Å². The maximum Gasteiger partial charge on any atom is 0.128 e. The molecule has 3 heteroatoms. The zero-order valence-corrected chi connectivity index (χ0v) is 7.56. The van der Waals surface area contributed by atoms with Crippen molar-refractivity contribution in [2.45, 2.75) is 18.9 Å². The van der Waals surface area contributed by atoms with Crippen molar-refractivity contribution in [3.8, 4) is 0 Å². The van der Waals surface area contributed by atoms with Gasteiger partial charge in [0.15, 0.2) is 0 Å². The first-order chi connectivity index (χ1) is 6.42. The van der Waals surface area contributed by atoms with Crippen LogP contribution in [0, 0.1) is 0 Å². The van der Waals surface area contributed by atoms with Crippen molar-refractivity contribution in [1.29, 1.82) is 0 Å². The first-order valence-corrected chi connectivity index (χ1v) is 4.70. The van der Waals surface area contributed by atoms with E-state index in [9.17, 15) is 0 Å². The van der Waals surface area contributed by atoms with Gasteiger partial charge in [0.2, 0.25) is 0 Å². The molecule has 1 fully saturated rings. The minimum absolute atomic E-state index is 0.201. The van der Waals surface area contributed by atoms with E-state index >= 15 is 0 Å². The third kappa shape index (κ3) is 1.98. The lowest BCUT2D eigenvalue weighted by molar-refractivity contribution is 0.301. The monoisotopic (exact) mass is 178 g/mol. The van der Waals surface area contributed by atoms with Crippen LogP contribution in [0.4, 0.5) is 5.82 Å². The molecule has 1 heterocycles. The van der Waals surface area contributed by atoms with E-state index in [1.807, 2.05) is 18.2 Å². The lowest BCUT2D eigenvalue weighted by Crippen LogP contribution is -2.29. The highest BCUT2D eigenvalue weighted by atomic mass is 16.3. The van der Waals surface area contributed by atoms with Gasteiger partial charge in [-0.3, -0.25) is 0 Å². The van der Waals surface area contributed by atoms with Crippen LogP contribution in [0.3, 0.4) is 0 Å². The Morgan fingerprint density at radius 1 is 1.46 bits per heavy atom. The molecule has 1 aromatic heterocycles. The second-order valence-corrected chi connectivity index (χ2v) is 3.34. The van der Waals surface area contributed by atoms with Gasteiger partial charge < -0.3 is 10.0 Å². The molecule has 0 aliphatic heterocycles. The molecule has 3 nitrogen and oxygen atoms in total. The van der Waals surface area contributed by atoms with E-state index in [1.54, 1.807) is 6.20 Å². The number of aliphatic hydroxyl groups excluding tert-OH is 1. The molecule has 2 rings (SSSR count). The summed E-state index contributed by atoms with van der Waals surface area (Å²) >= 11 is 0. The van der Waals surface area contributed by atoms with Crippen LogP contribution in [0.5, 0.6) is 0 Å². The van der Waals surface area contributed by atoms with E-state index in [-0.39, 0.29) is 6.61 Å². The Balaban J connectivity index is 2.10. The SMILES string of the molecule is OCCN(c1ccccn1)C1CC1. The maximum absolute atomic E-state index is 8.91. The third-order valence-electron chi connectivity index (χ3n) is 2.27. The lowest BCUT2D eigenvalue weighted by atomic mass is 10.4. The fourth-order valence-electron chi connectivity index (χ4n) is 1.50. The highest BCUT2D eigenvalue weighted by Gasteiger charge is 2.29. The van der Waals surface area contributed by atoms with Crippen molar-refractivity contribution in [3.05, 3.63) is 24.4 Å². The van der Waals surface area contributed by atoms with Crippen LogP contribution in [-0.2, 0) is 0 Å². The van der Waals surface area contributed by atoms with Crippen molar-refractivity contribution < 1.29 is 5.11 Å². The van der Waals surface area contributed by atoms with Gasteiger partial charge >= 0.3 is 0 Å². The summed E-state index contributed by atoms with van der Waals surface area (Å²) in [5.41, 5.74) is 0. The highest BCUT2D eigenvalue weighted by molar-refractivity contribution is 5.40. The number of anilines is 1. The Kier molecular flexibility index (Phi) is 2.45. The summed E-state index contributed by atoms with van der Waals surface area (Å²) in [5.74, 6) is 0.985. The van der Waals surface area contributed by atoms with E-state index < -0.39 is 0 Å². The van der Waals surface area contributed by atoms with Crippen molar-refractivity contribution in [2.75, 3.05) is 18.1 Å². The van der Waals surface area contributed by atoms with Gasteiger partial charge in [-0.05, 0) is 25.0 Å². The maximum atomic E-state index is 8.91. The van der Waals surface area contributed by atoms with Gasteiger partial charge in [-0.1, -0.05) is 6.07 Å². The quantitative estimate of drug-likeness (QED) is 0.748. The number of aromatic nitrogens is 1. The second-order valence-electron chi connectivity index (χ2n) is 3.34. The molecule has 0 amide bonds. The number of pyridine rings is 1. The number of rotatable bonds is 4. The summed E-state index contributed by atoms with van der Waals surface area (Å²) in [7, 11) is 0. The highest BCUT2D eigenvalue weighted by Crippen LogP contribution is 2.29. The Morgan fingerprint density at radius 3 is 2.85 bits per heavy atom. The first kappa shape index (κ1) is 8.51. The normalized spacial score (nSPS) is 15.8. The van der Waals surface area contributed by atoms with E-state index in [2.05, 4.69) is 9.88 Å². The summed E-state index contributed by atoms with van der Waals surface area (Å²) in [6.45, 7) is 0.898. The molecular formula is C10H14N2O. The van der Waals surface area contributed by atoms with Gasteiger partial charge in [0.25, 0.3) is 0 Å². The predicted octanol–water partition coefficient (Wildman–Crippen LogP) is 1.04. The summed E-state index contributed by atoms with van der Waals surface area (Å²) in [6.07, 6.45) is 4.26. The van der Waals surface area contributed by atoms with Gasteiger partial charge in [-0.25, -0.2) is 4.98 Å². The van der Waals surface area contributed by atoms with Crippen LogP contribution in [0.25, 0.3) is 0 Å². The summed E-state index contributed by atoms with van der Waals surface area (Å²) in [4.78, 5) is 6.45. The van der Waals surface area contributed by atoms with Crippen molar-refractivity contribution in [3.63, 3.8) is 0 Å². The second kappa shape index (κ2) is 3.75. The minimum atomic E-state index is 0.201. The zero-order valence-electron chi connectivity index (χ0n) is 7.56. The molecule has 70 valence electrons. The number of hydrogen-bond acceptors (Lipinski definition) is 3. The molecule has 0 bridgehead atoms. The number of aliphatic hydroxyl groups is 1. The lowest BCUT2D eigenvalue weighted by Gasteiger charge is -2.21. The van der Waals surface area contributed by atoms with Crippen molar-refractivity contribution in [2.24, 2.45) is 0 Å². The summed E-state index contributed by atoms with van der Waals surface area (Å²) in [6, 6.07) is 6.50. The molecule has 0 unspecified atom stereocenters. The largest absolute Gasteiger partial charge is 0.395 e. The summed E-state index contributed by atoms with van der Waals surface area (Å²) in [5, 5.41) is 8.91. The fraction of sp³-hybridized carbons (Fsp3) is 0.500. The van der Waals surface area contributed by atoms with Gasteiger partial charge in [-0.2, -0.15) is 0 Å². The molecule has 0 saturated heterocycles. The van der Waals surface area contributed by atoms with E-state index in [0.717, 1.165) is 5.82 Å². The van der Waals surface area contributed by atoms with Crippen LogP contribution in [0.1, 0.15) is 12.8 Å². The fourth-order valence-corrected chi connectivity index (χ4v) is 1.50. The van der Waals surface area contributed by atoms with E-state index in [0.29, 0.717) is 12.6 Å². The number of hydrogen-bond donors (Lipinski definition) is 1. The molecule has 0 aromatic carbocycles. The first-order valence-electron chi connectivity index (χ1n) is 4.70. The van der Waals surface area contributed by atoms with Gasteiger partial charge in [0.1, 0.15) is 5.82 Å². The molecule has 1 aliphatic carbocycles.